The Bertz CT molecular complexity index is 1240. The highest BCUT2D eigenvalue weighted by atomic mass is 32.2. The fourth-order valence-corrected chi connectivity index (χ4v) is 5.93. The summed E-state index contributed by atoms with van der Waals surface area (Å²) < 4.78 is 31.4. The monoisotopic (exact) mass is 438 g/mol. The molecule has 5 rings (SSSR count). The molecule has 1 N–H and O–H groups in total. The van der Waals surface area contributed by atoms with Crippen molar-refractivity contribution in [2.75, 3.05) is 16.8 Å². The van der Waals surface area contributed by atoms with E-state index in [1.807, 2.05) is 6.07 Å². The maximum absolute atomic E-state index is 13.3. The zero-order valence-corrected chi connectivity index (χ0v) is 17.6. The number of sulfone groups is 1. The van der Waals surface area contributed by atoms with Gasteiger partial charge in [-0.15, -0.1) is 0 Å². The number of hydrogen-bond acceptors (Lipinski definition) is 6. The highest BCUT2D eigenvalue weighted by Gasteiger charge is 2.35. The molecule has 2 aromatic heterocycles. The number of anilines is 1. The summed E-state index contributed by atoms with van der Waals surface area (Å²) >= 11 is 0. The maximum atomic E-state index is 13.3. The van der Waals surface area contributed by atoms with Crippen LogP contribution in [-0.2, 0) is 22.7 Å². The van der Waals surface area contributed by atoms with Crippen LogP contribution < -0.4 is 10.1 Å². The molecule has 0 unspecified atom stereocenters. The van der Waals surface area contributed by atoms with Crippen LogP contribution in [-0.4, -0.2) is 40.6 Å². The van der Waals surface area contributed by atoms with E-state index in [-0.39, 0.29) is 23.5 Å². The van der Waals surface area contributed by atoms with Crippen LogP contribution in [0.25, 0.3) is 0 Å². The van der Waals surface area contributed by atoms with Crippen molar-refractivity contribution in [3.05, 3.63) is 65.6 Å². The second kappa shape index (κ2) is 7.81. The van der Waals surface area contributed by atoms with E-state index in [9.17, 15) is 13.2 Å². The molecule has 1 aliphatic heterocycles. The highest BCUT2D eigenvalue weighted by molar-refractivity contribution is 7.91. The molecular weight excluding hydrogens is 416 g/mol. The Hall–Kier alpha value is -3.20. The fraction of sp³-hybridized carbons (Fsp3) is 0.318. The number of ether oxygens (including phenoxy) is 1. The van der Waals surface area contributed by atoms with E-state index in [2.05, 4.69) is 15.4 Å². The van der Waals surface area contributed by atoms with Crippen LogP contribution in [0.5, 0.6) is 11.6 Å². The molecule has 2 aliphatic rings. The second-order valence-corrected chi connectivity index (χ2v) is 10.1. The number of nitrogens with one attached hydrogen (secondary N) is 1. The van der Waals surface area contributed by atoms with Gasteiger partial charge in [0.2, 0.25) is 5.88 Å². The summed E-state index contributed by atoms with van der Waals surface area (Å²) in [4.78, 5) is 17.4. The first kappa shape index (κ1) is 19.7. The zero-order chi connectivity index (χ0) is 21.4. The SMILES string of the molecule is O=C(Nc1cccc(Oc2ccccn2)c1)c1c2c(nn1[C@@H]1CCS(=O)(=O)C1)CCC2. The summed E-state index contributed by atoms with van der Waals surface area (Å²) in [6.07, 6.45) is 4.67. The van der Waals surface area contributed by atoms with Crippen LogP contribution in [0.1, 0.15) is 40.6 Å². The van der Waals surface area contributed by atoms with Crippen molar-refractivity contribution < 1.29 is 17.9 Å². The zero-order valence-electron chi connectivity index (χ0n) is 16.8. The molecule has 3 aromatic rings. The molecule has 1 aromatic carbocycles. The van der Waals surface area contributed by atoms with E-state index >= 15 is 0 Å². The summed E-state index contributed by atoms with van der Waals surface area (Å²) in [6.45, 7) is 0. The van der Waals surface area contributed by atoms with Crippen molar-refractivity contribution in [3.8, 4) is 11.6 Å². The van der Waals surface area contributed by atoms with Crippen molar-refractivity contribution in [3.63, 3.8) is 0 Å². The number of rotatable bonds is 5. The van der Waals surface area contributed by atoms with Crippen LogP contribution in [0.15, 0.2) is 48.7 Å². The van der Waals surface area contributed by atoms with E-state index in [0.717, 1.165) is 30.5 Å². The number of pyridine rings is 1. The lowest BCUT2D eigenvalue weighted by Gasteiger charge is -2.15. The standard InChI is InChI=1S/C22H22N4O4S/c27-22(24-15-5-3-6-17(13-15)30-20-9-1-2-11-23-20)21-18-7-4-8-19(18)25-26(21)16-10-12-31(28,29)14-16/h1-3,5-6,9,11,13,16H,4,7-8,10,12,14H2,(H,24,27)/t16-/m1/s1. The molecule has 0 radical (unpaired) electrons. The molecule has 1 saturated heterocycles. The Morgan fingerprint density at radius 2 is 2.06 bits per heavy atom. The van der Waals surface area contributed by atoms with Gasteiger partial charge in [0.1, 0.15) is 11.4 Å². The Morgan fingerprint density at radius 1 is 1.16 bits per heavy atom. The van der Waals surface area contributed by atoms with Gasteiger partial charge in [-0.25, -0.2) is 13.4 Å². The van der Waals surface area contributed by atoms with Crippen molar-refractivity contribution >= 4 is 21.4 Å². The Kier molecular flexibility index (Phi) is 4.97. The molecular formula is C22H22N4O4S. The number of benzene rings is 1. The first-order valence-electron chi connectivity index (χ1n) is 10.3. The number of hydrogen-bond donors (Lipinski definition) is 1. The minimum Gasteiger partial charge on any atom is -0.439 e. The highest BCUT2D eigenvalue weighted by Crippen LogP contribution is 2.32. The van der Waals surface area contributed by atoms with E-state index in [4.69, 9.17) is 4.74 Å². The normalized spacial score (nSPS) is 19.2. The minimum atomic E-state index is -3.09. The minimum absolute atomic E-state index is 0.0290. The number of fused-ring (bicyclic) bond motifs is 1. The predicted molar refractivity (Wildman–Crippen MR) is 115 cm³/mol. The Balaban J connectivity index is 1.41. The predicted octanol–water partition coefficient (Wildman–Crippen LogP) is 3.17. The molecule has 1 fully saturated rings. The summed E-state index contributed by atoms with van der Waals surface area (Å²) in [7, 11) is -3.09. The average molecular weight is 439 g/mol. The molecule has 9 heteroatoms. The quantitative estimate of drug-likeness (QED) is 0.656. The first-order chi connectivity index (χ1) is 15.0. The Morgan fingerprint density at radius 3 is 2.84 bits per heavy atom. The van der Waals surface area contributed by atoms with Gasteiger partial charge in [0, 0.05) is 29.6 Å². The summed E-state index contributed by atoms with van der Waals surface area (Å²) in [6, 6.07) is 12.2. The third kappa shape index (κ3) is 4.05. The van der Waals surface area contributed by atoms with Crippen LogP contribution >= 0.6 is 0 Å². The smallest absolute Gasteiger partial charge is 0.274 e. The van der Waals surface area contributed by atoms with E-state index < -0.39 is 9.84 Å². The van der Waals surface area contributed by atoms with Gasteiger partial charge in [-0.3, -0.25) is 9.48 Å². The third-order valence-electron chi connectivity index (χ3n) is 5.65. The van der Waals surface area contributed by atoms with Crippen molar-refractivity contribution in [2.24, 2.45) is 0 Å². The molecule has 0 saturated carbocycles. The summed E-state index contributed by atoms with van der Waals surface area (Å²) in [5, 5.41) is 7.57. The number of carbonyl (C=O) groups is 1. The lowest BCUT2D eigenvalue weighted by atomic mass is 10.1. The summed E-state index contributed by atoms with van der Waals surface area (Å²) in [5.41, 5.74) is 2.90. The molecule has 3 heterocycles. The number of aromatic nitrogens is 3. The van der Waals surface area contributed by atoms with Crippen LogP contribution in [0.4, 0.5) is 5.69 Å². The molecule has 0 bridgehead atoms. The molecule has 160 valence electrons. The van der Waals surface area contributed by atoms with Gasteiger partial charge in [0.15, 0.2) is 9.84 Å². The first-order valence-corrected chi connectivity index (χ1v) is 12.1. The van der Waals surface area contributed by atoms with Gasteiger partial charge in [0.05, 0.1) is 23.2 Å². The van der Waals surface area contributed by atoms with Crippen LogP contribution in [0.3, 0.4) is 0 Å². The number of carbonyl (C=O) groups excluding carboxylic acids is 1. The van der Waals surface area contributed by atoms with Crippen molar-refractivity contribution in [1.82, 2.24) is 14.8 Å². The fourth-order valence-electron chi connectivity index (χ4n) is 4.24. The number of nitrogens with zero attached hydrogens (tertiary/aromatic N) is 3. The summed E-state index contributed by atoms with van der Waals surface area (Å²) in [5.74, 6) is 0.897. The Labute approximate surface area is 180 Å². The third-order valence-corrected chi connectivity index (χ3v) is 7.40. The van der Waals surface area contributed by atoms with E-state index in [1.165, 1.54) is 0 Å². The lowest BCUT2D eigenvalue weighted by molar-refractivity contribution is 0.101. The largest absolute Gasteiger partial charge is 0.439 e. The van der Waals surface area contributed by atoms with Gasteiger partial charge in [-0.1, -0.05) is 12.1 Å². The number of amides is 1. The van der Waals surface area contributed by atoms with E-state index in [0.29, 0.717) is 29.4 Å². The lowest BCUT2D eigenvalue weighted by Crippen LogP contribution is -2.23. The second-order valence-electron chi connectivity index (χ2n) is 7.88. The molecule has 8 nitrogen and oxygen atoms in total. The molecule has 1 atom stereocenters. The van der Waals surface area contributed by atoms with Gasteiger partial charge < -0.3 is 10.1 Å². The maximum Gasteiger partial charge on any atom is 0.274 e. The van der Waals surface area contributed by atoms with Gasteiger partial charge >= 0.3 is 0 Å². The van der Waals surface area contributed by atoms with Crippen LogP contribution in [0, 0.1) is 0 Å². The number of aryl methyl sites for hydroxylation is 1. The average Bonchev–Trinajstić information content (AvgIpc) is 3.42. The van der Waals surface area contributed by atoms with Crippen molar-refractivity contribution in [2.45, 2.75) is 31.7 Å². The molecule has 1 amide bonds. The van der Waals surface area contributed by atoms with Crippen molar-refractivity contribution in [1.29, 1.82) is 0 Å². The van der Waals surface area contributed by atoms with E-state index in [1.54, 1.807) is 47.3 Å². The topological polar surface area (TPSA) is 103 Å². The molecule has 1 aliphatic carbocycles. The molecule has 0 spiro atoms. The van der Waals surface area contributed by atoms with Gasteiger partial charge in [0.25, 0.3) is 5.91 Å². The van der Waals surface area contributed by atoms with Gasteiger partial charge in [-0.05, 0) is 43.9 Å². The molecule has 31 heavy (non-hydrogen) atoms. The van der Waals surface area contributed by atoms with Crippen LogP contribution in [0.2, 0.25) is 0 Å². The van der Waals surface area contributed by atoms with Gasteiger partial charge in [-0.2, -0.15) is 5.10 Å².